The van der Waals surface area contributed by atoms with E-state index in [0.717, 1.165) is 59.5 Å². The fraction of sp³-hybridized carbons (Fsp3) is 0.273. The van der Waals surface area contributed by atoms with Crippen LogP contribution in [0, 0.1) is 13.8 Å². The van der Waals surface area contributed by atoms with Gasteiger partial charge in [0.2, 0.25) is 5.95 Å². The average Bonchev–Trinajstić information content (AvgIpc) is 2.98. The molecule has 3 aromatic heterocycles. The number of halogens is 1. The number of anilines is 2. The Morgan fingerprint density at radius 1 is 0.951 bits per heavy atom. The first-order valence-electron chi connectivity index (χ1n) is 14.1. The van der Waals surface area contributed by atoms with Crippen molar-refractivity contribution in [1.29, 1.82) is 0 Å². The first-order valence-corrected chi connectivity index (χ1v) is 14.5. The lowest BCUT2D eigenvalue weighted by atomic mass is 9.90. The summed E-state index contributed by atoms with van der Waals surface area (Å²) in [6.07, 6.45) is 4.08. The summed E-state index contributed by atoms with van der Waals surface area (Å²) in [6.45, 7) is 8.51. The van der Waals surface area contributed by atoms with Crippen molar-refractivity contribution in [2.75, 3.05) is 18.4 Å². The van der Waals surface area contributed by atoms with E-state index in [1.54, 1.807) is 10.8 Å². The lowest BCUT2D eigenvalue weighted by Crippen LogP contribution is -2.26. The van der Waals surface area contributed by atoms with Crippen molar-refractivity contribution < 1.29 is 0 Å². The molecule has 0 aliphatic carbocycles. The minimum atomic E-state index is -0.140. The Bertz CT molecular complexity index is 1790. The van der Waals surface area contributed by atoms with Crippen molar-refractivity contribution >= 4 is 34.3 Å². The van der Waals surface area contributed by atoms with Gasteiger partial charge in [0.05, 0.1) is 0 Å². The molecule has 0 amide bonds. The zero-order valence-corrected chi connectivity index (χ0v) is 24.3. The van der Waals surface area contributed by atoms with Crippen LogP contribution >= 0.6 is 11.6 Å². The minimum Gasteiger partial charge on any atom is -0.324 e. The van der Waals surface area contributed by atoms with Crippen LogP contribution in [0.15, 0.2) is 71.7 Å². The van der Waals surface area contributed by atoms with Crippen LogP contribution in [0.1, 0.15) is 42.6 Å². The molecule has 0 bridgehead atoms. The molecule has 5 aromatic rings. The molecule has 208 valence electrons. The van der Waals surface area contributed by atoms with Crippen LogP contribution in [0.25, 0.3) is 33.3 Å². The summed E-state index contributed by atoms with van der Waals surface area (Å²) in [7, 11) is 0. The second-order valence-corrected chi connectivity index (χ2v) is 11.0. The summed E-state index contributed by atoms with van der Waals surface area (Å²) in [5, 5.41) is 8.01. The number of hydrogen-bond donors (Lipinski definition) is 2. The predicted octanol–water partition coefficient (Wildman–Crippen LogP) is 7.02. The number of nitrogens with one attached hydrogen (secondary N) is 2. The summed E-state index contributed by atoms with van der Waals surface area (Å²) < 4.78 is 1.68. The largest absolute Gasteiger partial charge is 0.324 e. The smallest absolute Gasteiger partial charge is 0.260 e. The fourth-order valence-electron chi connectivity index (χ4n) is 5.72. The molecule has 1 aliphatic rings. The number of benzene rings is 2. The summed E-state index contributed by atoms with van der Waals surface area (Å²) >= 11 is 6.78. The van der Waals surface area contributed by atoms with E-state index in [4.69, 9.17) is 16.6 Å². The molecule has 2 aromatic carbocycles. The van der Waals surface area contributed by atoms with E-state index in [-0.39, 0.29) is 5.56 Å². The van der Waals surface area contributed by atoms with E-state index < -0.39 is 0 Å². The molecule has 0 spiro atoms. The second-order valence-electron chi connectivity index (χ2n) is 10.6. The third-order valence-electron chi connectivity index (χ3n) is 7.92. The second kappa shape index (κ2) is 11.4. The van der Waals surface area contributed by atoms with Crippen LogP contribution < -0.4 is 16.2 Å². The van der Waals surface area contributed by atoms with E-state index in [1.807, 2.05) is 51.1 Å². The van der Waals surface area contributed by atoms with Gasteiger partial charge < -0.3 is 10.6 Å². The van der Waals surface area contributed by atoms with Gasteiger partial charge in [-0.3, -0.25) is 14.3 Å². The van der Waals surface area contributed by atoms with Crippen LogP contribution in [0.5, 0.6) is 0 Å². The highest BCUT2D eigenvalue weighted by molar-refractivity contribution is 6.33. The van der Waals surface area contributed by atoms with E-state index >= 15 is 0 Å². The van der Waals surface area contributed by atoms with Crippen molar-refractivity contribution in [2.24, 2.45) is 0 Å². The Morgan fingerprint density at radius 2 is 1.71 bits per heavy atom. The maximum Gasteiger partial charge on any atom is 0.260 e. The Kier molecular flexibility index (Phi) is 7.56. The monoisotopic (exact) mass is 564 g/mol. The summed E-state index contributed by atoms with van der Waals surface area (Å²) in [6, 6.07) is 20.2. The maximum atomic E-state index is 13.7. The van der Waals surface area contributed by atoms with E-state index in [9.17, 15) is 4.79 Å². The number of fused-ring (bicyclic) bond motifs is 1. The number of rotatable bonds is 6. The van der Waals surface area contributed by atoms with Gasteiger partial charge in [0.1, 0.15) is 5.65 Å². The van der Waals surface area contributed by atoms with Gasteiger partial charge in [-0.1, -0.05) is 41.9 Å². The highest BCUT2D eigenvalue weighted by Gasteiger charge is 2.17. The maximum absolute atomic E-state index is 13.7. The van der Waals surface area contributed by atoms with Gasteiger partial charge in [-0.2, -0.15) is 4.98 Å². The number of aromatic nitrogens is 4. The summed E-state index contributed by atoms with van der Waals surface area (Å²) in [5.74, 6) is 1.05. The molecule has 7 nitrogen and oxygen atoms in total. The first-order chi connectivity index (χ1) is 19.9. The van der Waals surface area contributed by atoms with Gasteiger partial charge in [-0.25, -0.2) is 4.98 Å². The zero-order valence-electron chi connectivity index (χ0n) is 23.5. The van der Waals surface area contributed by atoms with Gasteiger partial charge in [0.25, 0.3) is 5.56 Å². The average molecular weight is 565 g/mol. The number of nitrogens with zero attached hydrogens (tertiary/aromatic N) is 4. The highest BCUT2D eigenvalue weighted by Crippen LogP contribution is 2.33. The first kappa shape index (κ1) is 27.1. The molecule has 0 unspecified atom stereocenters. The number of hydrogen-bond acceptors (Lipinski definition) is 6. The van der Waals surface area contributed by atoms with Gasteiger partial charge in [-0.15, -0.1) is 0 Å². The Balaban J connectivity index is 1.31. The van der Waals surface area contributed by atoms with Crippen molar-refractivity contribution in [2.45, 2.75) is 46.1 Å². The molecular formula is C33H33ClN6O. The van der Waals surface area contributed by atoms with Crippen molar-refractivity contribution in [1.82, 2.24) is 24.8 Å². The third kappa shape index (κ3) is 5.47. The standard InChI is InChI=1S/C33H33ClN6O/c1-4-40-31-25(19-36-33(39-31)38-26-9-6-22(7-10-26)23-13-15-35-16-14-23)17-29(32(40)41)28-12-8-24(18-30(28)34)27-11-5-20(2)37-21(27)3/h5-12,17-19,23,35H,4,13-16H2,1-3H3,(H,36,38,39). The molecule has 4 heterocycles. The topological polar surface area (TPSA) is 84.7 Å². The molecule has 0 saturated carbocycles. The van der Waals surface area contributed by atoms with Gasteiger partial charge in [-0.05, 0) is 94.1 Å². The minimum absolute atomic E-state index is 0.140. The number of aryl methyl sites for hydroxylation is 3. The van der Waals surface area contributed by atoms with Crippen molar-refractivity contribution in [3.63, 3.8) is 0 Å². The van der Waals surface area contributed by atoms with Crippen molar-refractivity contribution in [3.8, 4) is 22.3 Å². The van der Waals surface area contributed by atoms with Crippen LogP contribution in [-0.4, -0.2) is 32.6 Å². The highest BCUT2D eigenvalue weighted by atomic mass is 35.5. The fourth-order valence-corrected chi connectivity index (χ4v) is 6.00. The SMILES string of the molecule is CCn1c(=O)c(-c2ccc(-c3ccc(C)nc3C)cc2Cl)cc2cnc(Nc3ccc(C4CCNCC4)cc3)nc21. The third-order valence-corrected chi connectivity index (χ3v) is 8.23. The Morgan fingerprint density at radius 3 is 2.41 bits per heavy atom. The molecule has 6 rings (SSSR count). The zero-order chi connectivity index (χ0) is 28.5. The van der Waals surface area contributed by atoms with E-state index in [1.165, 1.54) is 5.56 Å². The van der Waals surface area contributed by atoms with Gasteiger partial charge >= 0.3 is 0 Å². The van der Waals surface area contributed by atoms with Crippen LogP contribution in [0.4, 0.5) is 11.6 Å². The van der Waals surface area contributed by atoms with Crippen LogP contribution in [0.3, 0.4) is 0 Å². The van der Waals surface area contributed by atoms with Gasteiger partial charge in [0, 0.05) is 56.9 Å². The number of piperidine rings is 1. The quantitative estimate of drug-likeness (QED) is 0.230. The molecule has 2 N–H and O–H groups in total. The Hall–Kier alpha value is -4.07. The normalized spacial score (nSPS) is 14.0. The molecule has 1 aliphatic heterocycles. The summed E-state index contributed by atoms with van der Waals surface area (Å²) in [4.78, 5) is 27.5. The molecule has 0 radical (unpaired) electrons. The molecule has 41 heavy (non-hydrogen) atoms. The molecule has 0 atom stereocenters. The predicted molar refractivity (Wildman–Crippen MR) is 167 cm³/mol. The van der Waals surface area contributed by atoms with Crippen molar-refractivity contribution in [3.05, 3.63) is 99.2 Å². The summed E-state index contributed by atoms with van der Waals surface area (Å²) in [5.41, 5.74) is 7.80. The molecule has 8 heteroatoms. The van der Waals surface area contributed by atoms with E-state index in [0.29, 0.717) is 40.2 Å². The van der Waals surface area contributed by atoms with Gasteiger partial charge in [0.15, 0.2) is 0 Å². The molecule has 1 fully saturated rings. The lowest BCUT2D eigenvalue weighted by Gasteiger charge is -2.23. The lowest BCUT2D eigenvalue weighted by molar-refractivity contribution is 0.460. The Labute approximate surface area is 244 Å². The van der Waals surface area contributed by atoms with Crippen LogP contribution in [0.2, 0.25) is 5.02 Å². The van der Waals surface area contributed by atoms with Crippen LogP contribution in [-0.2, 0) is 6.54 Å². The van der Waals surface area contributed by atoms with E-state index in [2.05, 4.69) is 50.9 Å². The number of pyridine rings is 2. The molecule has 1 saturated heterocycles. The molecular weight excluding hydrogens is 532 g/mol.